The zero-order valence-electron chi connectivity index (χ0n) is 11.4. The minimum atomic E-state index is -0.468. The molecule has 3 nitrogen and oxygen atoms in total. The molecular weight excluding hydrogens is 228 g/mol. The van der Waals surface area contributed by atoms with Crippen LogP contribution in [0.2, 0.25) is 0 Å². The first-order chi connectivity index (χ1) is 8.65. The Bertz CT molecular complexity index is 414. The molecule has 0 amide bonds. The SMILES string of the molecule is CCCCC(O)c1cc2c(cc1OC)CC(C)O2. The Kier molecular flexibility index (Phi) is 4.12. The third-order valence-electron chi connectivity index (χ3n) is 3.44. The maximum atomic E-state index is 10.2. The quantitative estimate of drug-likeness (QED) is 0.872. The molecule has 0 radical (unpaired) electrons. The molecule has 0 saturated carbocycles. The molecule has 0 bridgehead atoms. The van der Waals surface area contributed by atoms with E-state index < -0.39 is 6.10 Å². The van der Waals surface area contributed by atoms with Crippen molar-refractivity contribution < 1.29 is 14.6 Å². The number of aliphatic hydroxyl groups is 1. The summed E-state index contributed by atoms with van der Waals surface area (Å²) in [6, 6.07) is 3.95. The number of hydrogen-bond donors (Lipinski definition) is 1. The van der Waals surface area contributed by atoms with Crippen LogP contribution in [-0.2, 0) is 6.42 Å². The Balaban J connectivity index is 2.26. The van der Waals surface area contributed by atoms with Crippen LogP contribution in [-0.4, -0.2) is 18.3 Å². The number of methoxy groups -OCH3 is 1. The minimum Gasteiger partial charge on any atom is -0.496 e. The van der Waals surface area contributed by atoms with Crippen LogP contribution in [0.25, 0.3) is 0 Å². The number of ether oxygens (including phenoxy) is 2. The van der Waals surface area contributed by atoms with Gasteiger partial charge in [0.25, 0.3) is 0 Å². The second-order valence-corrected chi connectivity index (χ2v) is 4.99. The Morgan fingerprint density at radius 2 is 2.28 bits per heavy atom. The van der Waals surface area contributed by atoms with Crippen LogP contribution >= 0.6 is 0 Å². The van der Waals surface area contributed by atoms with Crippen LogP contribution in [0.3, 0.4) is 0 Å². The van der Waals surface area contributed by atoms with Gasteiger partial charge in [-0.1, -0.05) is 19.8 Å². The summed E-state index contributed by atoms with van der Waals surface area (Å²) in [6.45, 7) is 4.18. The molecule has 3 heteroatoms. The van der Waals surface area contributed by atoms with Gasteiger partial charge in [-0.2, -0.15) is 0 Å². The summed E-state index contributed by atoms with van der Waals surface area (Å²) in [6.07, 6.45) is 3.52. The van der Waals surface area contributed by atoms with Crippen LogP contribution in [0.1, 0.15) is 50.3 Å². The summed E-state index contributed by atoms with van der Waals surface area (Å²) < 4.78 is 11.1. The lowest BCUT2D eigenvalue weighted by molar-refractivity contribution is 0.159. The van der Waals surface area contributed by atoms with Crippen LogP contribution < -0.4 is 9.47 Å². The van der Waals surface area contributed by atoms with Crippen molar-refractivity contribution in [3.8, 4) is 11.5 Å². The summed E-state index contributed by atoms with van der Waals surface area (Å²) in [5.41, 5.74) is 2.02. The lowest BCUT2D eigenvalue weighted by Gasteiger charge is -2.16. The molecule has 2 atom stereocenters. The summed E-state index contributed by atoms with van der Waals surface area (Å²) >= 11 is 0. The zero-order valence-corrected chi connectivity index (χ0v) is 11.4. The molecule has 1 heterocycles. The van der Waals surface area contributed by atoms with E-state index in [9.17, 15) is 5.11 Å². The molecular formula is C15H22O3. The molecule has 100 valence electrons. The predicted octanol–water partition coefficient (Wildman–Crippen LogP) is 3.24. The number of rotatable bonds is 5. The van der Waals surface area contributed by atoms with Gasteiger partial charge >= 0.3 is 0 Å². The second-order valence-electron chi connectivity index (χ2n) is 4.99. The highest BCUT2D eigenvalue weighted by atomic mass is 16.5. The average molecular weight is 250 g/mol. The minimum absolute atomic E-state index is 0.216. The van der Waals surface area contributed by atoms with E-state index in [-0.39, 0.29) is 6.10 Å². The third-order valence-corrected chi connectivity index (χ3v) is 3.44. The van der Waals surface area contributed by atoms with Crippen molar-refractivity contribution >= 4 is 0 Å². The van der Waals surface area contributed by atoms with Crippen molar-refractivity contribution in [2.24, 2.45) is 0 Å². The van der Waals surface area contributed by atoms with Gasteiger partial charge in [-0.15, -0.1) is 0 Å². The van der Waals surface area contributed by atoms with Gasteiger partial charge in [-0.25, -0.2) is 0 Å². The van der Waals surface area contributed by atoms with E-state index in [0.29, 0.717) is 0 Å². The van der Waals surface area contributed by atoms with Gasteiger partial charge < -0.3 is 14.6 Å². The first-order valence-corrected chi connectivity index (χ1v) is 6.71. The van der Waals surface area contributed by atoms with E-state index in [0.717, 1.165) is 42.7 Å². The van der Waals surface area contributed by atoms with E-state index in [2.05, 4.69) is 13.8 Å². The molecule has 1 aromatic carbocycles. The molecule has 1 aliphatic rings. The Hall–Kier alpha value is -1.22. The molecule has 2 rings (SSSR count). The lowest BCUT2D eigenvalue weighted by Crippen LogP contribution is -2.05. The molecule has 1 aliphatic heterocycles. The average Bonchev–Trinajstić information content (AvgIpc) is 2.73. The van der Waals surface area contributed by atoms with E-state index in [1.807, 2.05) is 12.1 Å². The molecule has 0 saturated heterocycles. The Morgan fingerprint density at radius 1 is 1.50 bits per heavy atom. The topological polar surface area (TPSA) is 38.7 Å². The smallest absolute Gasteiger partial charge is 0.125 e. The maximum absolute atomic E-state index is 10.2. The van der Waals surface area contributed by atoms with Crippen molar-refractivity contribution in [2.75, 3.05) is 7.11 Å². The summed E-state index contributed by atoms with van der Waals surface area (Å²) in [5.74, 6) is 1.67. The fourth-order valence-electron chi connectivity index (χ4n) is 2.45. The number of benzene rings is 1. The zero-order chi connectivity index (χ0) is 13.1. The van der Waals surface area contributed by atoms with Gasteiger partial charge in [0.1, 0.15) is 17.6 Å². The summed E-state index contributed by atoms with van der Waals surface area (Å²) in [7, 11) is 1.65. The molecule has 0 aliphatic carbocycles. The molecule has 18 heavy (non-hydrogen) atoms. The van der Waals surface area contributed by atoms with E-state index in [1.54, 1.807) is 7.11 Å². The van der Waals surface area contributed by atoms with Gasteiger partial charge in [0.2, 0.25) is 0 Å². The second kappa shape index (κ2) is 5.61. The predicted molar refractivity (Wildman–Crippen MR) is 71.3 cm³/mol. The van der Waals surface area contributed by atoms with Crippen LogP contribution in [0.15, 0.2) is 12.1 Å². The van der Waals surface area contributed by atoms with Crippen molar-refractivity contribution in [1.29, 1.82) is 0 Å². The number of aliphatic hydroxyl groups excluding tert-OH is 1. The Labute approximate surface area is 109 Å². The number of unbranched alkanes of at least 4 members (excludes halogenated alkanes) is 1. The van der Waals surface area contributed by atoms with Gasteiger partial charge in [0.05, 0.1) is 13.2 Å². The van der Waals surface area contributed by atoms with Crippen LogP contribution in [0, 0.1) is 0 Å². The van der Waals surface area contributed by atoms with Gasteiger partial charge in [-0.05, 0) is 25.5 Å². The lowest BCUT2D eigenvalue weighted by atomic mass is 9.99. The number of fused-ring (bicyclic) bond motifs is 1. The summed E-state index contributed by atoms with van der Waals surface area (Å²) in [4.78, 5) is 0. The molecule has 0 fully saturated rings. The molecule has 1 aromatic rings. The highest BCUT2D eigenvalue weighted by Crippen LogP contribution is 2.38. The first-order valence-electron chi connectivity index (χ1n) is 6.71. The first kappa shape index (κ1) is 13.2. The van der Waals surface area contributed by atoms with Gasteiger partial charge in [0.15, 0.2) is 0 Å². The maximum Gasteiger partial charge on any atom is 0.125 e. The number of hydrogen-bond acceptors (Lipinski definition) is 3. The largest absolute Gasteiger partial charge is 0.496 e. The Morgan fingerprint density at radius 3 is 2.94 bits per heavy atom. The third kappa shape index (κ3) is 2.61. The molecule has 0 aromatic heterocycles. The van der Waals surface area contributed by atoms with Crippen molar-refractivity contribution in [3.05, 3.63) is 23.3 Å². The van der Waals surface area contributed by atoms with E-state index in [4.69, 9.17) is 9.47 Å². The monoisotopic (exact) mass is 250 g/mol. The van der Waals surface area contributed by atoms with E-state index in [1.165, 1.54) is 5.56 Å². The van der Waals surface area contributed by atoms with Crippen LogP contribution in [0.5, 0.6) is 11.5 Å². The van der Waals surface area contributed by atoms with E-state index >= 15 is 0 Å². The standard InChI is InChI=1S/C15H22O3/c1-4-5-6-13(16)12-9-14-11(7-10(2)18-14)8-15(12)17-3/h8-10,13,16H,4-7H2,1-3H3. The van der Waals surface area contributed by atoms with Crippen molar-refractivity contribution in [1.82, 2.24) is 0 Å². The van der Waals surface area contributed by atoms with Gasteiger partial charge in [0, 0.05) is 17.5 Å². The highest BCUT2D eigenvalue weighted by Gasteiger charge is 2.23. The van der Waals surface area contributed by atoms with Crippen molar-refractivity contribution in [2.45, 2.75) is 51.7 Å². The van der Waals surface area contributed by atoms with Crippen molar-refractivity contribution in [3.63, 3.8) is 0 Å². The van der Waals surface area contributed by atoms with Gasteiger partial charge in [-0.3, -0.25) is 0 Å². The fourth-order valence-corrected chi connectivity index (χ4v) is 2.45. The highest BCUT2D eigenvalue weighted by molar-refractivity contribution is 5.49. The summed E-state index contributed by atoms with van der Waals surface area (Å²) in [5, 5.41) is 10.2. The normalized spacial score (nSPS) is 19.2. The fraction of sp³-hybridized carbons (Fsp3) is 0.600. The molecule has 1 N–H and O–H groups in total. The molecule has 2 unspecified atom stereocenters. The van der Waals surface area contributed by atoms with Crippen LogP contribution in [0.4, 0.5) is 0 Å². The molecule has 0 spiro atoms.